The molecule has 2 aromatic carbocycles. The van der Waals surface area contributed by atoms with E-state index in [1.165, 1.54) is 0 Å². The molecule has 3 rings (SSSR count). The monoisotopic (exact) mass is 294 g/mol. The molecule has 22 heavy (non-hydrogen) atoms. The molecule has 0 atom stereocenters. The number of benzene rings is 2. The third-order valence-corrected chi connectivity index (χ3v) is 3.48. The Morgan fingerprint density at radius 1 is 1.05 bits per heavy atom. The molecule has 0 radical (unpaired) electrons. The van der Waals surface area contributed by atoms with Crippen molar-refractivity contribution in [2.75, 3.05) is 5.32 Å². The van der Waals surface area contributed by atoms with Gasteiger partial charge in [0.05, 0.1) is 0 Å². The normalized spacial score (nSPS) is 10.6. The van der Waals surface area contributed by atoms with Gasteiger partial charge < -0.3 is 15.5 Å². The van der Waals surface area contributed by atoms with Crippen LogP contribution in [0.4, 0.5) is 5.69 Å². The largest absolute Gasteiger partial charge is 0.451 e. The molecule has 0 aliphatic heterocycles. The Kier molecular flexibility index (Phi) is 3.39. The van der Waals surface area contributed by atoms with Gasteiger partial charge in [0.1, 0.15) is 5.58 Å². The number of aryl methyl sites for hydroxylation is 1. The number of carbonyl (C=O) groups is 2. The fraction of sp³-hybridized carbons (Fsp3) is 0.0588. The van der Waals surface area contributed by atoms with Crippen LogP contribution < -0.4 is 11.1 Å². The summed E-state index contributed by atoms with van der Waals surface area (Å²) in [6.07, 6.45) is 0. The van der Waals surface area contributed by atoms with Gasteiger partial charge in [0.25, 0.3) is 5.91 Å². The fourth-order valence-electron chi connectivity index (χ4n) is 2.30. The van der Waals surface area contributed by atoms with E-state index in [0.29, 0.717) is 16.8 Å². The summed E-state index contributed by atoms with van der Waals surface area (Å²) in [7, 11) is 0. The number of furan rings is 1. The van der Waals surface area contributed by atoms with Crippen LogP contribution in [-0.4, -0.2) is 11.8 Å². The maximum absolute atomic E-state index is 12.3. The van der Waals surface area contributed by atoms with Gasteiger partial charge in [0.15, 0.2) is 5.76 Å². The van der Waals surface area contributed by atoms with Gasteiger partial charge in [0, 0.05) is 22.2 Å². The number of primary amides is 1. The predicted molar refractivity (Wildman–Crippen MR) is 83.9 cm³/mol. The number of fused-ring (bicyclic) bond motifs is 1. The van der Waals surface area contributed by atoms with Crippen molar-refractivity contribution in [3.8, 4) is 0 Å². The van der Waals surface area contributed by atoms with Gasteiger partial charge in [-0.2, -0.15) is 0 Å². The lowest BCUT2D eigenvalue weighted by atomic mass is 10.1. The van der Waals surface area contributed by atoms with Crippen LogP contribution in [0.25, 0.3) is 11.0 Å². The van der Waals surface area contributed by atoms with Crippen LogP contribution in [0.3, 0.4) is 0 Å². The number of hydrogen-bond donors (Lipinski definition) is 2. The first-order valence-electron chi connectivity index (χ1n) is 6.75. The van der Waals surface area contributed by atoms with Crippen molar-refractivity contribution >= 4 is 28.5 Å². The van der Waals surface area contributed by atoms with Crippen molar-refractivity contribution in [3.05, 3.63) is 65.4 Å². The molecule has 2 amide bonds. The van der Waals surface area contributed by atoms with E-state index >= 15 is 0 Å². The molecule has 1 heterocycles. The summed E-state index contributed by atoms with van der Waals surface area (Å²) >= 11 is 0. The van der Waals surface area contributed by atoms with E-state index in [2.05, 4.69) is 5.32 Å². The molecule has 0 saturated heterocycles. The molecule has 0 fully saturated rings. The summed E-state index contributed by atoms with van der Waals surface area (Å²) in [6, 6.07) is 13.8. The van der Waals surface area contributed by atoms with Crippen molar-refractivity contribution in [2.24, 2.45) is 5.73 Å². The average molecular weight is 294 g/mol. The van der Waals surface area contributed by atoms with Crippen molar-refractivity contribution in [1.82, 2.24) is 0 Å². The number of hydrogen-bond acceptors (Lipinski definition) is 3. The van der Waals surface area contributed by atoms with Crippen LogP contribution >= 0.6 is 0 Å². The van der Waals surface area contributed by atoms with Crippen LogP contribution in [0, 0.1) is 6.92 Å². The Labute approximate surface area is 126 Å². The molecule has 0 spiro atoms. The number of rotatable bonds is 3. The number of nitrogens with two attached hydrogens (primary N) is 1. The van der Waals surface area contributed by atoms with Gasteiger partial charge in [-0.15, -0.1) is 0 Å². The van der Waals surface area contributed by atoms with E-state index in [1.807, 2.05) is 31.2 Å². The molecule has 3 N–H and O–H groups in total. The number of anilines is 1. The quantitative estimate of drug-likeness (QED) is 0.778. The first-order valence-corrected chi connectivity index (χ1v) is 6.75. The predicted octanol–water partition coefficient (Wildman–Crippen LogP) is 3.09. The van der Waals surface area contributed by atoms with Crippen molar-refractivity contribution in [2.45, 2.75) is 6.92 Å². The lowest BCUT2D eigenvalue weighted by Crippen LogP contribution is -2.13. The van der Waals surface area contributed by atoms with E-state index in [9.17, 15) is 9.59 Å². The van der Waals surface area contributed by atoms with E-state index < -0.39 is 5.91 Å². The summed E-state index contributed by atoms with van der Waals surface area (Å²) < 4.78 is 5.61. The topological polar surface area (TPSA) is 85.3 Å². The van der Waals surface area contributed by atoms with Gasteiger partial charge >= 0.3 is 0 Å². The molecule has 3 aromatic rings. The molecule has 0 aliphatic carbocycles. The zero-order chi connectivity index (χ0) is 15.7. The van der Waals surface area contributed by atoms with Crippen LogP contribution in [0.2, 0.25) is 0 Å². The smallest absolute Gasteiger partial charge is 0.291 e. The van der Waals surface area contributed by atoms with E-state index in [4.69, 9.17) is 10.2 Å². The molecular formula is C17H14N2O3. The molecule has 0 aliphatic rings. The molecule has 5 nitrogen and oxygen atoms in total. The number of para-hydroxylation sites is 1. The molecule has 0 saturated carbocycles. The van der Waals surface area contributed by atoms with Gasteiger partial charge in [-0.3, -0.25) is 9.59 Å². The maximum atomic E-state index is 12.3. The fourth-order valence-corrected chi connectivity index (χ4v) is 2.30. The number of nitrogens with one attached hydrogen (secondary N) is 1. The van der Waals surface area contributed by atoms with Crippen LogP contribution in [0.1, 0.15) is 26.5 Å². The number of amides is 2. The van der Waals surface area contributed by atoms with Gasteiger partial charge in [-0.25, -0.2) is 0 Å². The zero-order valence-corrected chi connectivity index (χ0v) is 11.9. The van der Waals surface area contributed by atoms with E-state index in [1.54, 1.807) is 24.3 Å². The van der Waals surface area contributed by atoms with Gasteiger partial charge in [0.2, 0.25) is 5.91 Å². The summed E-state index contributed by atoms with van der Waals surface area (Å²) in [5.41, 5.74) is 7.60. The third-order valence-electron chi connectivity index (χ3n) is 3.48. The highest BCUT2D eigenvalue weighted by Gasteiger charge is 2.17. The van der Waals surface area contributed by atoms with Gasteiger partial charge in [-0.05, 0) is 37.3 Å². The zero-order valence-electron chi connectivity index (χ0n) is 11.9. The van der Waals surface area contributed by atoms with Gasteiger partial charge in [-0.1, -0.05) is 18.2 Å². The minimum Gasteiger partial charge on any atom is -0.451 e. The molecule has 1 aromatic heterocycles. The first-order chi connectivity index (χ1) is 10.6. The average Bonchev–Trinajstić information content (AvgIpc) is 2.85. The second-order valence-electron chi connectivity index (χ2n) is 4.95. The summed E-state index contributed by atoms with van der Waals surface area (Å²) in [5, 5.41) is 3.65. The Morgan fingerprint density at radius 2 is 1.73 bits per heavy atom. The van der Waals surface area contributed by atoms with Crippen LogP contribution in [0.15, 0.2) is 52.9 Å². The van der Waals surface area contributed by atoms with E-state index in [0.717, 1.165) is 10.9 Å². The SMILES string of the molecule is Cc1c(C(=O)Nc2ccc(C(N)=O)cc2)oc2ccccc12. The Balaban J connectivity index is 1.87. The number of carbonyl (C=O) groups excluding carboxylic acids is 2. The van der Waals surface area contributed by atoms with Crippen molar-refractivity contribution < 1.29 is 14.0 Å². The Bertz CT molecular complexity index is 863. The Morgan fingerprint density at radius 3 is 2.36 bits per heavy atom. The second-order valence-corrected chi connectivity index (χ2v) is 4.95. The van der Waals surface area contributed by atoms with Crippen molar-refractivity contribution in [3.63, 3.8) is 0 Å². The second kappa shape index (κ2) is 5.37. The Hall–Kier alpha value is -3.08. The first kappa shape index (κ1) is 13.9. The molecular weight excluding hydrogens is 280 g/mol. The minimum atomic E-state index is -0.508. The molecule has 110 valence electrons. The summed E-state index contributed by atoms with van der Waals surface area (Å²) in [5.74, 6) is -0.563. The lowest BCUT2D eigenvalue weighted by Gasteiger charge is -2.04. The third kappa shape index (κ3) is 2.44. The lowest BCUT2D eigenvalue weighted by molar-refractivity contribution is 0.0992. The highest BCUT2D eigenvalue weighted by molar-refractivity contribution is 6.06. The summed E-state index contributed by atoms with van der Waals surface area (Å²) in [4.78, 5) is 23.3. The molecule has 0 bridgehead atoms. The van der Waals surface area contributed by atoms with E-state index in [-0.39, 0.29) is 11.7 Å². The van der Waals surface area contributed by atoms with Crippen molar-refractivity contribution in [1.29, 1.82) is 0 Å². The van der Waals surface area contributed by atoms with Crippen LogP contribution in [0.5, 0.6) is 0 Å². The minimum absolute atomic E-state index is 0.278. The highest BCUT2D eigenvalue weighted by atomic mass is 16.3. The molecule has 5 heteroatoms. The maximum Gasteiger partial charge on any atom is 0.291 e. The molecule has 0 unspecified atom stereocenters. The van der Waals surface area contributed by atoms with Crippen LogP contribution in [-0.2, 0) is 0 Å². The standard InChI is InChI=1S/C17H14N2O3/c1-10-13-4-2-3-5-14(13)22-15(10)17(21)19-12-8-6-11(7-9-12)16(18)20/h2-9H,1H3,(H2,18,20)(H,19,21). The highest BCUT2D eigenvalue weighted by Crippen LogP contribution is 2.25. The summed E-state index contributed by atoms with van der Waals surface area (Å²) in [6.45, 7) is 1.84.